The highest BCUT2D eigenvalue weighted by Crippen LogP contribution is 2.19. The summed E-state index contributed by atoms with van der Waals surface area (Å²) < 4.78 is 0. The minimum Gasteiger partial charge on any atom is -0.481 e. The van der Waals surface area contributed by atoms with Crippen LogP contribution in [-0.2, 0) is 4.79 Å². The maximum Gasteiger partial charge on any atom is 0.317 e. The van der Waals surface area contributed by atoms with E-state index in [2.05, 4.69) is 11.2 Å². The molecule has 0 aromatic carbocycles. The molecule has 0 saturated carbocycles. The number of carbonyl (C=O) groups excluding carboxylic acids is 1. The summed E-state index contributed by atoms with van der Waals surface area (Å²) in [6, 6.07) is -0.387. The number of nitrogens with one attached hydrogen (secondary N) is 1. The Balaban J connectivity index is 2.35. The van der Waals surface area contributed by atoms with E-state index < -0.39 is 5.97 Å². The van der Waals surface area contributed by atoms with Crippen molar-refractivity contribution < 1.29 is 14.7 Å². The minimum absolute atomic E-state index is 0.00621. The first kappa shape index (κ1) is 16.1. The van der Waals surface area contributed by atoms with Crippen LogP contribution >= 0.6 is 23.5 Å². The quantitative estimate of drug-likeness (QED) is 0.565. The fourth-order valence-electron chi connectivity index (χ4n) is 1.76. The number of amides is 2. The van der Waals surface area contributed by atoms with Gasteiger partial charge in [-0.3, -0.25) is 4.79 Å². The molecule has 0 radical (unpaired) electrons. The molecule has 1 unspecified atom stereocenters. The van der Waals surface area contributed by atoms with Crippen molar-refractivity contribution in [3.8, 4) is 12.3 Å². The predicted octanol–water partition coefficient (Wildman–Crippen LogP) is 0.954. The lowest BCUT2D eigenvalue weighted by atomic mass is 10.2. The molecule has 1 atom stereocenters. The average Bonchev–Trinajstić information content (AvgIpc) is 2.38. The van der Waals surface area contributed by atoms with Crippen LogP contribution in [0.2, 0.25) is 0 Å². The Morgan fingerprint density at radius 3 is 3.05 bits per heavy atom. The van der Waals surface area contributed by atoms with Gasteiger partial charge in [-0.05, 0) is 0 Å². The summed E-state index contributed by atoms with van der Waals surface area (Å²) in [6.45, 7) is 1.15. The average molecular weight is 302 g/mol. The lowest BCUT2D eigenvalue weighted by Crippen LogP contribution is -2.51. The largest absolute Gasteiger partial charge is 0.481 e. The zero-order valence-corrected chi connectivity index (χ0v) is 12.3. The van der Waals surface area contributed by atoms with Gasteiger partial charge in [-0.1, -0.05) is 5.92 Å². The number of urea groups is 1. The number of nitrogens with zero attached hydrogens (tertiary/aromatic N) is 1. The number of carboxylic acid groups (broad SMARTS) is 1. The molecule has 0 spiro atoms. The number of rotatable bonds is 6. The molecule has 1 heterocycles. The molecule has 1 fully saturated rings. The van der Waals surface area contributed by atoms with Crippen LogP contribution in [0.4, 0.5) is 4.79 Å². The molecule has 0 aromatic rings. The smallest absolute Gasteiger partial charge is 0.317 e. The maximum atomic E-state index is 12.0. The minimum atomic E-state index is -0.866. The molecule has 1 rings (SSSR count). The summed E-state index contributed by atoms with van der Waals surface area (Å²) >= 11 is 3.28. The molecule has 106 valence electrons. The lowest BCUT2D eigenvalue weighted by molar-refractivity contribution is -0.137. The van der Waals surface area contributed by atoms with Gasteiger partial charge in [-0.2, -0.15) is 11.8 Å². The third-order valence-electron chi connectivity index (χ3n) is 2.61. The number of thioether (sulfide) groups is 2. The summed E-state index contributed by atoms with van der Waals surface area (Å²) in [5.41, 5.74) is 0. The molecule has 1 aliphatic rings. The zero-order chi connectivity index (χ0) is 14.1. The van der Waals surface area contributed by atoms with Crippen molar-refractivity contribution in [2.75, 3.05) is 36.1 Å². The molecule has 0 aliphatic carbocycles. The van der Waals surface area contributed by atoms with E-state index in [1.165, 1.54) is 0 Å². The number of terminal acetylenes is 1. The highest BCUT2D eigenvalue weighted by Gasteiger charge is 2.28. The van der Waals surface area contributed by atoms with Gasteiger partial charge in [-0.25, -0.2) is 4.79 Å². The monoisotopic (exact) mass is 302 g/mol. The highest BCUT2D eigenvalue weighted by molar-refractivity contribution is 7.99. The summed E-state index contributed by atoms with van der Waals surface area (Å²) in [7, 11) is 0. The Morgan fingerprint density at radius 2 is 2.37 bits per heavy atom. The van der Waals surface area contributed by atoms with Crippen LogP contribution in [0.1, 0.15) is 6.42 Å². The Morgan fingerprint density at radius 1 is 1.58 bits per heavy atom. The van der Waals surface area contributed by atoms with Crippen molar-refractivity contribution in [1.29, 1.82) is 0 Å². The number of carbonyl (C=O) groups is 2. The number of carboxylic acids is 1. The first-order valence-electron chi connectivity index (χ1n) is 6.00. The second-order valence-corrected chi connectivity index (χ2v) is 6.26. The fraction of sp³-hybridized carbons (Fsp3) is 0.667. The third kappa shape index (κ3) is 6.12. The molecule has 5 nitrogen and oxygen atoms in total. The van der Waals surface area contributed by atoms with Crippen LogP contribution in [0.15, 0.2) is 0 Å². The van der Waals surface area contributed by atoms with E-state index in [0.29, 0.717) is 24.6 Å². The van der Waals surface area contributed by atoms with E-state index >= 15 is 0 Å². The normalized spacial score (nSPS) is 18.7. The Labute approximate surface area is 121 Å². The molecule has 2 amide bonds. The molecule has 1 aliphatic heterocycles. The van der Waals surface area contributed by atoms with Crippen LogP contribution in [0, 0.1) is 12.3 Å². The number of aliphatic carboxylic acids is 1. The molecule has 0 bridgehead atoms. The second kappa shape index (κ2) is 8.99. The summed E-state index contributed by atoms with van der Waals surface area (Å²) in [6.07, 6.45) is 5.13. The standard InChI is InChI=1S/C12H18N2O3S2/c1-2-5-18-6-3-13-12(17)14-4-7-19-9-10(14)8-11(15)16/h1,10H,3-9H2,(H,13,17)(H,15,16). The third-order valence-corrected chi connectivity index (χ3v) is 4.56. The molecule has 19 heavy (non-hydrogen) atoms. The topological polar surface area (TPSA) is 69.6 Å². The van der Waals surface area contributed by atoms with Crippen molar-refractivity contribution >= 4 is 35.5 Å². The fourth-order valence-corrected chi connectivity index (χ4v) is 3.33. The second-order valence-electron chi connectivity index (χ2n) is 4.01. The van der Waals surface area contributed by atoms with E-state index in [9.17, 15) is 9.59 Å². The number of hydrogen-bond donors (Lipinski definition) is 2. The van der Waals surface area contributed by atoms with E-state index in [-0.39, 0.29) is 18.5 Å². The highest BCUT2D eigenvalue weighted by atomic mass is 32.2. The van der Waals surface area contributed by atoms with Gasteiger partial charge in [0.2, 0.25) is 0 Å². The zero-order valence-electron chi connectivity index (χ0n) is 10.6. The lowest BCUT2D eigenvalue weighted by Gasteiger charge is -2.34. The van der Waals surface area contributed by atoms with Crippen molar-refractivity contribution in [1.82, 2.24) is 10.2 Å². The Hall–Kier alpha value is -1.00. The molecular formula is C12H18N2O3S2. The summed E-state index contributed by atoms with van der Waals surface area (Å²) in [5, 5.41) is 11.7. The van der Waals surface area contributed by atoms with Crippen LogP contribution in [0.5, 0.6) is 0 Å². The Bertz CT molecular complexity index is 357. The van der Waals surface area contributed by atoms with Crippen LogP contribution in [0.25, 0.3) is 0 Å². The van der Waals surface area contributed by atoms with Gasteiger partial charge in [0.1, 0.15) is 0 Å². The number of hydrogen-bond acceptors (Lipinski definition) is 4. The van der Waals surface area contributed by atoms with Gasteiger partial charge in [-0.15, -0.1) is 18.2 Å². The van der Waals surface area contributed by atoms with Crippen LogP contribution in [0.3, 0.4) is 0 Å². The Kier molecular flexibility index (Phi) is 7.60. The van der Waals surface area contributed by atoms with Crippen molar-refractivity contribution in [2.45, 2.75) is 12.5 Å². The van der Waals surface area contributed by atoms with E-state index in [1.54, 1.807) is 28.4 Å². The van der Waals surface area contributed by atoms with Gasteiger partial charge >= 0.3 is 12.0 Å². The van der Waals surface area contributed by atoms with Gasteiger partial charge < -0.3 is 15.3 Å². The molecule has 0 aromatic heterocycles. The van der Waals surface area contributed by atoms with Crippen LogP contribution < -0.4 is 5.32 Å². The molecule has 7 heteroatoms. The van der Waals surface area contributed by atoms with Gasteiger partial charge in [0.05, 0.1) is 18.2 Å². The SMILES string of the molecule is C#CCSCCNC(=O)N1CCSCC1CC(=O)O. The summed E-state index contributed by atoms with van der Waals surface area (Å²) in [5.74, 6) is 4.60. The van der Waals surface area contributed by atoms with Crippen LogP contribution in [-0.4, -0.2) is 64.1 Å². The molecule has 2 N–H and O–H groups in total. The van der Waals surface area contributed by atoms with Crippen molar-refractivity contribution in [3.63, 3.8) is 0 Å². The van der Waals surface area contributed by atoms with Gasteiger partial charge in [0.15, 0.2) is 0 Å². The van der Waals surface area contributed by atoms with Gasteiger partial charge in [0, 0.05) is 30.3 Å². The van der Waals surface area contributed by atoms with E-state index in [4.69, 9.17) is 11.5 Å². The molecule has 1 saturated heterocycles. The van der Waals surface area contributed by atoms with Crippen molar-refractivity contribution in [2.24, 2.45) is 0 Å². The van der Waals surface area contributed by atoms with E-state index in [1.807, 2.05) is 0 Å². The first-order chi connectivity index (χ1) is 9.15. The molecular weight excluding hydrogens is 284 g/mol. The van der Waals surface area contributed by atoms with Gasteiger partial charge in [0.25, 0.3) is 0 Å². The maximum absolute atomic E-state index is 12.0. The van der Waals surface area contributed by atoms with E-state index in [0.717, 1.165) is 11.5 Å². The first-order valence-corrected chi connectivity index (χ1v) is 8.31. The summed E-state index contributed by atoms with van der Waals surface area (Å²) in [4.78, 5) is 24.4. The van der Waals surface area contributed by atoms with Crippen molar-refractivity contribution in [3.05, 3.63) is 0 Å². The predicted molar refractivity (Wildman–Crippen MR) is 79.6 cm³/mol.